The molecule has 0 atom stereocenters. The van der Waals surface area contributed by atoms with Crippen LogP contribution in [0.4, 0.5) is 0 Å². The molecule has 0 aliphatic rings. The average molecular weight is 279 g/mol. The number of nitrogens with one attached hydrogen (secondary N) is 1. The van der Waals surface area contributed by atoms with Crippen LogP contribution in [-0.2, 0) is 13.6 Å². The van der Waals surface area contributed by atoms with Gasteiger partial charge in [-0.25, -0.2) is 0 Å². The average Bonchev–Trinajstić information content (AvgIpc) is 2.87. The molecule has 0 saturated carbocycles. The minimum Gasteiger partial charge on any atom is -0.329 e. The van der Waals surface area contributed by atoms with Crippen LogP contribution < -0.4 is 0 Å². The number of rotatable bonds is 2. The third kappa shape index (κ3) is 1.85. The van der Waals surface area contributed by atoms with E-state index in [1.54, 1.807) is 4.68 Å². The fourth-order valence-electron chi connectivity index (χ4n) is 2.04. The van der Waals surface area contributed by atoms with Gasteiger partial charge in [0.05, 0.1) is 28.8 Å². The third-order valence-corrected chi connectivity index (χ3v) is 3.50. The summed E-state index contributed by atoms with van der Waals surface area (Å²) < 4.78 is 4.47. The molecule has 3 rings (SSSR count). The first-order chi connectivity index (χ1) is 8.65. The largest absolute Gasteiger partial charge is 0.329 e. The molecule has 0 spiro atoms. The van der Waals surface area contributed by atoms with Gasteiger partial charge in [0.25, 0.3) is 0 Å². The van der Waals surface area contributed by atoms with E-state index in [9.17, 15) is 0 Å². The van der Waals surface area contributed by atoms with Gasteiger partial charge < -0.3 is 9.55 Å². The van der Waals surface area contributed by atoms with Gasteiger partial charge >= 0.3 is 0 Å². The van der Waals surface area contributed by atoms with Gasteiger partial charge in [0.2, 0.25) is 0 Å². The lowest BCUT2D eigenvalue weighted by atomic mass is 10.3. The molecular formula is C12H11ClN4S. The Hall–Kier alpha value is -1.59. The lowest BCUT2D eigenvalue weighted by Crippen LogP contribution is -1.98. The standard InChI is InChI=1S/C12H11ClN4S/c1-16-6-8(5-14-16)7-17-10-4-2-3-9(13)11(10)15-12(17)18/h2-6H,7H2,1H3,(H,15,18). The van der Waals surface area contributed by atoms with Gasteiger partial charge in [-0.1, -0.05) is 17.7 Å². The quantitative estimate of drug-likeness (QED) is 0.732. The summed E-state index contributed by atoms with van der Waals surface area (Å²) >= 11 is 11.5. The number of hydrogen-bond acceptors (Lipinski definition) is 2. The highest BCUT2D eigenvalue weighted by Gasteiger charge is 2.08. The van der Waals surface area contributed by atoms with E-state index in [-0.39, 0.29) is 0 Å². The molecule has 6 heteroatoms. The molecule has 92 valence electrons. The number of imidazole rings is 1. The first-order valence-electron chi connectivity index (χ1n) is 5.50. The summed E-state index contributed by atoms with van der Waals surface area (Å²) in [5, 5.41) is 4.84. The van der Waals surface area contributed by atoms with Crippen LogP contribution >= 0.6 is 23.8 Å². The molecule has 0 unspecified atom stereocenters. The molecular weight excluding hydrogens is 268 g/mol. The number of aromatic amines is 1. The number of fused-ring (bicyclic) bond motifs is 1. The topological polar surface area (TPSA) is 38.5 Å². The molecule has 3 aromatic rings. The monoisotopic (exact) mass is 278 g/mol. The molecule has 18 heavy (non-hydrogen) atoms. The molecule has 1 aromatic carbocycles. The molecule has 0 fully saturated rings. The SMILES string of the molecule is Cn1cc(Cn2c(=S)[nH]c3c(Cl)cccc32)cn1. The Balaban J connectivity index is 2.14. The van der Waals surface area contributed by atoms with Crippen molar-refractivity contribution >= 4 is 34.9 Å². The highest BCUT2D eigenvalue weighted by molar-refractivity contribution is 7.71. The van der Waals surface area contributed by atoms with Gasteiger partial charge in [-0.15, -0.1) is 0 Å². The minimum absolute atomic E-state index is 0.668. The van der Waals surface area contributed by atoms with Crippen molar-refractivity contribution in [3.8, 4) is 0 Å². The van der Waals surface area contributed by atoms with E-state index in [0.29, 0.717) is 16.3 Å². The fourth-order valence-corrected chi connectivity index (χ4v) is 2.52. The molecule has 0 amide bonds. The van der Waals surface area contributed by atoms with Crippen molar-refractivity contribution in [1.82, 2.24) is 19.3 Å². The molecule has 0 saturated heterocycles. The number of H-pyrrole nitrogens is 1. The number of nitrogens with zero attached hydrogens (tertiary/aromatic N) is 3. The van der Waals surface area contributed by atoms with Crippen molar-refractivity contribution in [3.05, 3.63) is 45.9 Å². The third-order valence-electron chi connectivity index (χ3n) is 2.86. The summed E-state index contributed by atoms with van der Waals surface area (Å²) in [6.07, 6.45) is 3.82. The van der Waals surface area contributed by atoms with E-state index in [1.165, 1.54) is 0 Å². The maximum Gasteiger partial charge on any atom is 0.178 e. The molecule has 0 aliphatic carbocycles. The van der Waals surface area contributed by atoms with Gasteiger partial charge in [0.15, 0.2) is 4.77 Å². The van der Waals surface area contributed by atoms with Crippen molar-refractivity contribution in [1.29, 1.82) is 0 Å². The van der Waals surface area contributed by atoms with E-state index in [1.807, 2.05) is 42.2 Å². The summed E-state index contributed by atoms with van der Waals surface area (Å²) in [7, 11) is 1.90. The second-order valence-electron chi connectivity index (χ2n) is 4.17. The van der Waals surface area contributed by atoms with Gasteiger partial charge in [0, 0.05) is 18.8 Å². The van der Waals surface area contributed by atoms with Crippen molar-refractivity contribution in [3.63, 3.8) is 0 Å². The zero-order chi connectivity index (χ0) is 12.7. The van der Waals surface area contributed by atoms with Gasteiger partial charge in [-0.3, -0.25) is 4.68 Å². The van der Waals surface area contributed by atoms with Crippen molar-refractivity contribution in [2.45, 2.75) is 6.54 Å². The summed E-state index contributed by atoms with van der Waals surface area (Å²) in [6, 6.07) is 5.78. The second kappa shape index (κ2) is 4.26. The van der Waals surface area contributed by atoms with E-state index in [0.717, 1.165) is 16.6 Å². The zero-order valence-electron chi connectivity index (χ0n) is 9.72. The number of hydrogen-bond donors (Lipinski definition) is 1. The number of aromatic nitrogens is 4. The van der Waals surface area contributed by atoms with Crippen LogP contribution in [0.15, 0.2) is 30.6 Å². The predicted octanol–water partition coefficient (Wildman–Crippen LogP) is 3.13. The van der Waals surface area contributed by atoms with Crippen molar-refractivity contribution in [2.24, 2.45) is 7.05 Å². The smallest absolute Gasteiger partial charge is 0.178 e. The minimum atomic E-state index is 0.668. The maximum atomic E-state index is 6.14. The van der Waals surface area contributed by atoms with Crippen molar-refractivity contribution < 1.29 is 0 Å². The van der Waals surface area contributed by atoms with Crippen LogP contribution in [0.5, 0.6) is 0 Å². The maximum absolute atomic E-state index is 6.14. The first-order valence-corrected chi connectivity index (χ1v) is 6.28. The van der Waals surface area contributed by atoms with Crippen LogP contribution in [0, 0.1) is 4.77 Å². The van der Waals surface area contributed by atoms with Gasteiger partial charge in [-0.2, -0.15) is 5.10 Å². The highest BCUT2D eigenvalue weighted by Crippen LogP contribution is 2.23. The van der Waals surface area contributed by atoms with Crippen LogP contribution in [0.25, 0.3) is 11.0 Å². The Labute approximate surface area is 114 Å². The second-order valence-corrected chi connectivity index (χ2v) is 4.97. The molecule has 4 nitrogen and oxygen atoms in total. The lowest BCUT2D eigenvalue weighted by Gasteiger charge is -2.02. The molecule has 0 aliphatic heterocycles. The Morgan fingerprint density at radius 2 is 2.28 bits per heavy atom. The number of para-hydroxylation sites is 1. The number of aryl methyl sites for hydroxylation is 1. The lowest BCUT2D eigenvalue weighted by molar-refractivity contribution is 0.763. The number of halogens is 1. The van der Waals surface area contributed by atoms with Gasteiger partial charge in [-0.05, 0) is 24.4 Å². The first kappa shape index (κ1) is 11.5. The summed E-state index contributed by atoms with van der Waals surface area (Å²) in [4.78, 5) is 3.14. The molecule has 2 aromatic heterocycles. The fraction of sp³-hybridized carbons (Fsp3) is 0.167. The molecule has 2 heterocycles. The van der Waals surface area contributed by atoms with Crippen LogP contribution in [0.2, 0.25) is 5.02 Å². The molecule has 1 N–H and O–H groups in total. The Kier molecular flexibility index (Phi) is 2.72. The molecule has 0 radical (unpaired) electrons. The summed E-state index contributed by atoms with van der Waals surface area (Å²) in [5.41, 5.74) is 3.00. The number of benzene rings is 1. The van der Waals surface area contributed by atoms with Crippen LogP contribution in [0.1, 0.15) is 5.56 Å². The van der Waals surface area contributed by atoms with Crippen LogP contribution in [0.3, 0.4) is 0 Å². The molecule has 0 bridgehead atoms. The predicted molar refractivity (Wildman–Crippen MR) is 74.4 cm³/mol. The normalized spacial score (nSPS) is 11.2. The van der Waals surface area contributed by atoms with Crippen molar-refractivity contribution in [2.75, 3.05) is 0 Å². The van der Waals surface area contributed by atoms with E-state index < -0.39 is 0 Å². The van der Waals surface area contributed by atoms with E-state index in [4.69, 9.17) is 23.8 Å². The highest BCUT2D eigenvalue weighted by atomic mass is 35.5. The Bertz CT molecular complexity index is 768. The van der Waals surface area contributed by atoms with E-state index in [2.05, 4.69) is 10.1 Å². The zero-order valence-corrected chi connectivity index (χ0v) is 11.3. The summed E-state index contributed by atoms with van der Waals surface area (Å²) in [6.45, 7) is 0.688. The Morgan fingerprint density at radius 1 is 1.44 bits per heavy atom. The summed E-state index contributed by atoms with van der Waals surface area (Å²) in [5.74, 6) is 0. The van der Waals surface area contributed by atoms with E-state index >= 15 is 0 Å². The Morgan fingerprint density at radius 3 is 3.00 bits per heavy atom. The van der Waals surface area contributed by atoms with Gasteiger partial charge in [0.1, 0.15) is 0 Å². The van der Waals surface area contributed by atoms with Crippen LogP contribution in [-0.4, -0.2) is 19.3 Å².